The molecule has 0 spiro atoms. The molecule has 0 aliphatic carbocycles. The summed E-state index contributed by atoms with van der Waals surface area (Å²) in [5.41, 5.74) is 0. The van der Waals surface area contributed by atoms with E-state index in [2.05, 4.69) is 4.90 Å². The minimum absolute atomic E-state index is 0. The number of hydrogen-bond acceptors (Lipinski definition) is 5. The molecule has 2 rings (SSSR count). The normalized spacial score (nSPS) is 32.3. The largest absolute Gasteiger partial charge is 0.479 e. The summed E-state index contributed by atoms with van der Waals surface area (Å²) >= 11 is 1.55. The number of thioether (sulfide) groups is 1. The van der Waals surface area contributed by atoms with Gasteiger partial charge in [0.15, 0.2) is 5.37 Å². The second-order valence-electron chi connectivity index (χ2n) is 4.27. The Morgan fingerprint density at radius 3 is 2.44 bits per heavy atom. The monoisotopic (exact) mass is 247 g/mol. The number of piperidine rings is 1. The number of carboxylic acids is 1. The molecule has 2 heterocycles. The Morgan fingerprint density at radius 1 is 1.31 bits per heavy atom. The minimum atomic E-state index is -0.706. The van der Waals surface area contributed by atoms with Crippen molar-refractivity contribution in [1.29, 1.82) is 0 Å². The van der Waals surface area contributed by atoms with E-state index in [9.17, 15) is 4.79 Å². The summed E-state index contributed by atoms with van der Waals surface area (Å²) in [6.45, 7) is 2.25. The lowest BCUT2D eigenvalue weighted by molar-refractivity contribution is -0.140. The van der Waals surface area contributed by atoms with Crippen molar-refractivity contribution in [2.24, 2.45) is 0 Å². The highest BCUT2D eigenvalue weighted by Gasteiger charge is 2.38. The Bertz CT molecular complexity index is 246. The van der Waals surface area contributed by atoms with E-state index in [0.29, 0.717) is 6.17 Å². The van der Waals surface area contributed by atoms with Crippen molar-refractivity contribution >= 4 is 17.7 Å². The first kappa shape index (κ1) is 13.8. The molecular formula is C10H21N3O2S. The van der Waals surface area contributed by atoms with Gasteiger partial charge in [0.2, 0.25) is 0 Å². The first-order valence-electron chi connectivity index (χ1n) is 5.50. The molecule has 94 valence electrons. The van der Waals surface area contributed by atoms with Crippen molar-refractivity contribution < 1.29 is 9.90 Å². The molecule has 16 heavy (non-hydrogen) atoms. The predicted molar refractivity (Wildman–Crippen MR) is 65.9 cm³/mol. The van der Waals surface area contributed by atoms with Crippen LogP contribution in [-0.2, 0) is 4.79 Å². The molecule has 0 radical (unpaired) electrons. The third kappa shape index (κ3) is 2.68. The number of carbonyl (C=O) groups is 1. The molecule has 0 saturated carbocycles. The van der Waals surface area contributed by atoms with Gasteiger partial charge in [-0.25, -0.2) is 4.79 Å². The third-order valence-electron chi connectivity index (χ3n) is 3.27. The van der Waals surface area contributed by atoms with Gasteiger partial charge in [-0.15, -0.1) is 11.8 Å². The number of hydrogen-bond donors (Lipinski definition) is 2. The van der Waals surface area contributed by atoms with Gasteiger partial charge in [0, 0.05) is 5.75 Å². The van der Waals surface area contributed by atoms with Gasteiger partial charge >= 0.3 is 5.97 Å². The predicted octanol–water partition coefficient (Wildman–Crippen LogP) is 1.05. The van der Waals surface area contributed by atoms with Gasteiger partial charge in [-0.3, -0.25) is 9.80 Å². The summed E-state index contributed by atoms with van der Waals surface area (Å²) in [6, 6.07) is 0. The van der Waals surface area contributed by atoms with Gasteiger partial charge in [-0.2, -0.15) is 0 Å². The Morgan fingerprint density at radius 2 is 1.94 bits per heavy atom. The fraction of sp³-hybridized carbons (Fsp3) is 0.900. The molecule has 4 N–H and O–H groups in total. The first-order valence-corrected chi connectivity index (χ1v) is 6.55. The van der Waals surface area contributed by atoms with E-state index in [1.165, 1.54) is 19.3 Å². The zero-order chi connectivity index (χ0) is 10.8. The van der Waals surface area contributed by atoms with Crippen LogP contribution >= 0.6 is 11.8 Å². The maximum absolute atomic E-state index is 11.0. The van der Waals surface area contributed by atoms with E-state index < -0.39 is 5.97 Å². The average Bonchev–Trinajstić information content (AvgIpc) is 2.61. The molecule has 2 saturated heterocycles. The Balaban J connectivity index is 0.00000128. The molecule has 2 aliphatic rings. The van der Waals surface area contributed by atoms with Crippen molar-refractivity contribution in [3.8, 4) is 0 Å². The number of likely N-dealkylation sites (N-methyl/N-ethyl adjacent to an activating group) is 1. The first-order chi connectivity index (χ1) is 7.20. The Kier molecular flexibility index (Phi) is 5.04. The highest BCUT2D eigenvalue weighted by molar-refractivity contribution is 8.00. The van der Waals surface area contributed by atoms with E-state index in [1.807, 2.05) is 11.9 Å². The van der Waals surface area contributed by atoms with Gasteiger partial charge < -0.3 is 11.3 Å². The highest BCUT2D eigenvalue weighted by atomic mass is 32.2. The van der Waals surface area contributed by atoms with E-state index in [-0.39, 0.29) is 11.5 Å². The quantitative estimate of drug-likeness (QED) is 0.759. The number of rotatable bonds is 2. The van der Waals surface area contributed by atoms with Crippen LogP contribution in [0.1, 0.15) is 19.3 Å². The van der Waals surface area contributed by atoms with Gasteiger partial charge in [0.05, 0.1) is 6.17 Å². The van der Waals surface area contributed by atoms with E-state index in [4.69, 9.17) is 5.11 Å². The summed E-state index contributed by atoms with van der Waals surface area (Å²) in [5.74, 6) is 0.218. The van der Waals surface area contributed by atoms with Crippen molar-refractivity contribution in [3.63, 3.8) is 0 Å². The summed E-state index contributed by atoms with van der Waals surface area (Å²) in [4.78, 5) is 15.4. The molecule has 2 aliphatic heterocycles. The fourth-order valence-electron chi connectivity index (χ4n) is 2.39. The molecule has 2 fully saturated rings. The van der Waals surface area contributed by atoms with Crippen LogP contribution in [0.5, 0.6) is 0 Å². The van der Waals surface area contributed by atoms with Gasteiger partial charge in [-0.1, -0.05) is 6.42 Å². The second kappa shape index (κ2) is 5.86. The molecule has 5 nitrogen and oxygen atoms in total. The third-order valence-corrected chi connectivity index (χ3v) is 4.61. The molecule has 0 aromatic carbocycles. The van der Waals surface area contributed by atoms with Crippen LogP contribution in [0.2, 0.25) is 0 Å². The minimum Gasteiger partial charge on any atom is -0.479 e. The van der Waals surface area contributed by atoms with Crippen molar-refractivity contribution in [2.75, 3.05) is 25.9 Å². The smallest absolute Gasteiger partial charge is 0.331 e. The van der Waals surface area contributed by atoms with Crippen LogP contribution in [0.3, 0.4) is 0 Å². The number of carboxylic acid groups (broad SMARTS) is 1. The lowest BCUT2D eigenvalue weighted by Gasteiger charge is -2.36. The SMILES string of the molecule is CN1C(C(=O)O)SCC1N1CCCCC1.N. The summed E-state index contributed by atoms with van der Waals surface area (Å²) < 4.78 is 0. The fourth-order valence-corrected chi connectivity index (χ4v) is 3.71. The molecule has 0 bridgehead atoms. The maximum atomic E-state index is 11.0. The van der Waals surface area contributed by atoms with E-state index >= 15 is 0 Å². The maximum Gasteiger partial charge on any atom is 0.331 e. The topological polar surface area (TPSA) is 78.8 Å². The van der Waals surface area contributed by atoms with Crippen LogP contribution in [0.15, 0.2) is 0 Å². The summed E-state index contributed by atoms with van der Waals surface area (Å²) in [6.07, 6.45) is 4.17. The zero-order valence-electron chi connectivity index (χ0n) is 9.76. The second-order valence-corrected chi connectivity index (χ2v) is 5.38. The molecule has 0 aromatic rings. The van der Waals surface area contributed by atoms with Crippen LogP contribution in [0.25, 0.3) is 0 Å². The summed E-state index contributed by atoms with van der Waals surface area (Å²) in [5, 5.41) is 8.67. The lowest BCUT2D eigenvalue weighted by atomic mass is 10.1. The zero-order valence-corrected chi connectivity index (χ0v) is 10.6. The van der Waals surface area contributed by atoms with Crippen molar-refractivity contribution in [2.45, 2.75) is 30.8 Å². The van der Waals surface area contributed by atoms with Crippen molar-refractivity contribution in [3.05, 3.63) is 0 Å². The van der Waals surface area contributed by atoms with E-state index in [0.717, 1.165) is 18.8 Å². The van der Waals surface area contributed by atoms with Crippen LogP contribution in [-0.4, -0.2) is 58.3 Å². The molecule has 0 amide bonds. The Hall–Kier alpha value is -0.300. The van der Waals surface area contributed by atoms with Gasteiger partial charge in [0.25, 0.3) is 0 Å². The van der Waals surface area contributed by atoms with Crippen LogP contribution in [0.4, 0.5) is 0 Å². The van der Waals surface area contributed by atoms with E-state index in [1.54, 1.807) is 11.8 Å². The number of aliphatic carboxylic acids is 1. The summed E-state index contributed by atoms with van der Waals surface area (Å²) in [7, 11) is 1.93. The van der Waals surface area contributed by atoms with Crippen LogP contribution in [0, 0.1) is 0 Å². The molecule has 2 unspecified atom stereocenters. The van der Waals surface area contributed by atoms with Crippen LogP contribution < -0.4 is 6.15 Å². The average molecular weight is 247 g/mol. The van der Waals surface area contributed by atoms with Crippen molar-refractivity contribution in [1.82, 2.24) is 16.0 Å². The highest BCUT2D eigenvalue weighted by Crippen LogP contribution is 2.30. The van der Waals surface area contributed by atoms with Gasteiger partial charge in [-0.05, 0) is 33.0 Å². The molecule has 6 heteroatoms. The molecule has 0 aromatic heterocycles. The van der Waals surface area contributed by atoms with Gasteiger partial charge in [0.1, 0.15) is 0 Å². The number of nitrogens with zero attached hydrogens (tertiary/aromatic N) is 2. The lowest BCUT2D eigenvalue weighted by Crippen LogP contribution is -2.49. The number of likely N-dealkylation sites (tertiary alicyclic amines) is 1. The Labute approximate surface area is 101 Å². The molecule has 2 atom stereocenters. The molecular weight excluding hydrogens is 226 g/mol. The standard InChI is InChI=1S/C10H18N2O2S.H3N/c1-11-8(7-15-9(11)10(13)14)12-5-3-2-4-6-12;/h8-9H,2-7H2,1H3,(H,13,14);1H3.